The van der Waals surface area contributed by atoms with Gasteiger partial charge in [0.15, 0.2) is 5.65 Å². The van der Waals surface area contributed by atoms with E-state index in [4.69, 9.17) is 5.11 Å². The summed E-state index contributed by atoms with van der Waals surface area (Å²) in [7, 11) is 0. The number of aliphatic hydroxyl groups excluding tert-OH is 2. The highest BCUT2D eigenvalue weighted by atomic mass is 16.3. The summed E-state index contributed by atoms with van der Waals surface area (Å²) < 4.78 is 0. The molecule has 74 valence electrons. The van der Waals surface area contributed by atoms with Crippen LogP contribution in [0.1, 0.15) is 5.69 Å². The van der Waals surface area contributed by atoms with Crippen molar-refractivity contribution >= 4 is 11.2 Å². The Kier molecular flexibility index (Phi) is 2.38. The van der Waals surface area contributed by atoms with Gasteiger partial charge in [-0.25, -0.2) is 15.0 Å². The Bertz CT molecular complexity index is 428. The summed E-state index contributed by atoms with van der Waals surface area (Å²) in [4.78, 5) is 14.8. The monoisotopic (exact) mass is 194 g/mol. The molecule has 2 heterocycles. The molecule has 0 saturated carbocycles. The fourth-order valence-corrected chi connectivity index (χ4v) is 1.26. The largest absolute Gasteiger partial charge is 0.394 e. The van der Waals surface area contributed by atoms with Gasteiger partial charge < -0.3 is 15.2 Å². The van der Waals surface area contributed by atoms with Gasteiger partial charge in [-0.2, -0.15) is 0 Å². The summed E-state index contributed by atoms with van der Waals surface area (Å²) in [6.07, 6.45) is 2.41. The number of aliphatic hydroxyl groups is 2. The molecule has 2 rings (SSSR count). The predicted octanol–water partition coefficient (Wildman–Crippen LogP) is -0.751. The summed E-state index contributed by atoms with van der Waals surface area (Å²) in [5.41, 5.74) is 1.94. The lowest BCUT2D eigenvalue weighted by molar-refractivity contribution is 0.0950. The van der Waals surface area contributed by atoms with Gasteiger partial charge in [-0.15, -0.1) is 0 Å². The Morgan fingerprint density at radius 1 is 1.36 bits per heavy atom. The number of hydrogen-bond acceptors (Lipinski definition) is 5. The highest BCUT2D eigenvalue weighted by molar-refractivity contribution is 5.71. The lowest BCUT2D eigenvalue weighted by Crippen LogP contribution is -2.16. The molecule has 0 fully saturated rings. The van der Waals surface area contributed by atoms with Crippen LogP contribution in [-0.2, 0) is 6.42 Å². The fourth-order valence-electron chi connectivity index (χ4n) is 1.26. The van der Waals surface area contributed by atoms with E-state index in [2.05, 4.69) is 19.9 Å². The number of H-pyrrole nitrogens is 1. The van der Waals surface area contributed by atoms with Gasteiger partial charge in [-0.05, 0) is 0 Å². The fraction of sp³-hybridized carbons (Fsp3) is 0.375. The zero-order chi connectivity index (χ0) is 9.97. The number of aromatic nitrogens is 4. The van der Waals surface area contributed by atoms with Crippen LogP contribution in [0, 0.1) is 0 Å². The van der Waals surface area contributed by atoms with E-state index in [1.807, 2.05) is 0 Å². The van der Waals surface area contributed by atoms with Crippen molar-refractivity contribution < 1.29 is 10.2 Å². The Morgan fingerprint density at radius 3 is 3.00 bits per heavy atom. The van der Waals surface area contributed by atoms with Crippen LogP contribution in [0.5, 0.6) is 0 Å². The number of imidazole rings is 1. The van der Waals surface area contributed by atoms with E-state index in [9.17, 15) is 5.11 Å². The van der Waals surface area contributed by atoms with Crippen molar-refractivity contribution in [3.05, 3.63) is 18.3 Å². The average Bonchev–Trinajstić information content (AvgIpc) is 2.66. The minimum absolute atomic E-state index is 0.278. The van der Waals surface area contributed by atoms with Crippen LogP contribution in [-0.4, -0.2) is 42.9 Å². The Labute approximate surface area is 79.7 Å². The Balaban J connectivity index is 2.36. The van der Waals surface area contributed by atoms with Gasteiger partial charge in [0, 0.05) is 6.42 Å². The van der Waals surface area contributed by atoms with Gasteiger partial charge in [-0.1, -0.05) is 0 Å². The molecule has 6 nitrogen and oxygen atoms in total. The van der Waals surface area contributed by atoms with Crippen LogP contribution in [0.4, 0.5) is 0 Å². The van der Waals surface area contributed by atoms with Crippen molar-refractivity contribution in [2.75, 3.05) is 6.61 Å². The summed E-state index contributed by atoms with van der Waals surface area (Å²) in [5.74, 6) is 0. The molecule has 0 radical (unpaired) electrons. The van der Waals surface area contributed by atoms with Gasteiger partial charge in [0.25, 0.3) is 0 Å². The first kappa shape index (κ1) is 9.04. The molecule has 0 spiro atoms. The van der Waals surface area contributed by atoms with Crippen molar-refractivity contribution in [1.29, 1.82) is 0 Å². The van der Waals surface area contributed by atoms with Crippen molar-refractivity contribution in [2.24, 2.45) is 0 Å². The quantitative estimate of drug-likeness (QED) is 0.597. The van der Waals surface area contributed by atoms with E-state index in [0.29, 0.717) is 16.9 Å². The second-order valence-electron chi connectivity index (χ2n) is 2.96. The molecular formula is C8H10N4O2. The first-order valence-electron chi connectivity index (χ1n) is 4.23. The van der Waals surface area contributed by atoms with Gasteiger partial charge in [0.2, 0.25) is 0 Å². The predicted molar refractivity (Wildman–Crippen MR) is 48.5 cm³/mol. The molecule has 2 aromatic rings. The molecule has 0 bridgehead atoms. The maximum Gasteiger partial charge on any atom is 0.180 e. The third-order valence-electron chi connectivity index (χ3n) is 1.94. The molecule has 1 atom stereocenters. The molecule has 0 aromatic carbocycles. The highest BCUT2D eigenvalue weighted by Gasteiger charge is 2.10. The summed E-state index contributed by atoms with van der Waals surface area (Å²) >= 11 is 0. The topological polar surface area (TPSA) is 94.9 Å². The first-order valence-corrected chi connectivity index (χ1v) is 4.23. The van der Waals surface area contributed by atoms with Crippen LogP contribution < -0.4 is 0 Å². The van der Waals surface area contributed by atoms with E-state index in [1.54, 1.807) is 0 Å². The van der Waals surface area contributed by atoms with E-state index in [0.717, 1.165) is 0 Å². The van der Waals surface area contributed by atoms with Crippen LogP contribution in [0.2, 0.25) is 0 Å². The minimum atomic E-state index is -0.795. The molecule has 0 saturated heterocycles. The SMILES string of the molecule is OCC(O)Cc1ncnc2nc[nH]c12. The molecule has 14 heavy (non-hydrogen) atoms. The first-order chi connectivity index (χ1) is 6.81. The lowest BCUT2D eigenvalue weighted by atomic mass is 10.2. The smallest absolute Gasteiger partial charge is 0.180 e. The molecule has 0 aliphatic heterocycles. The van der Waals surface area contributed by atoms with Gasteiger partial charge >= 0.3 is 0 Å². The number of nitrogens with zero attached hydrogens (tertiary/aromatic N) is 3. The van der Waals surface area contributed by atoms with Gasteiger partial charge in [0.1, 0.15) is 11.8 Å². The minimum Gasteiger partial charge on any atom is -0.394 e. The molecule has 0 amide bonds. The molecule has 6 heteroatoms. The Hall–Kier alpha value is -1.53. The average molecular weight is 194 g/mol. The standard InChI is InChI=1S/C8H10N4O2/c13-2-5(14)1-6-7-8(11-3-9-6)12-4-10-7/h3-5,13-14H,1-2H2,(H,9,10,11,12). The zero-order valence-electron chi connectivity index (χ0n) is 7.38. The summed E-state index contributed by atoms with van der Waals surface area (Å²) in [6, 6.07) is 0. The molecule has 2 aromatic heterocycles. The number of hydrogen-bond donors (Lipinski definition) is 3. The second kappa shape index (κ2) is 3.69. The van der Waals surface area contributed by atoms with Gasteiger partial charge in [-0.3, -0.25) is 0 Å². The van der Waals surface area contributed by atoms with E-state index in [1.165, 1.54) is 12.7 Å². The van der Waals surface area contributed by atoms with Crippen LogP contribution >= 0.6 is 0 Å². The molecule has 3 N–H and O–H groups in total. The number of nitrogens with one attached hydrogen (secondary N) is 1. The van der Waals surface area contributed by atoms with E-state index < -0.39 is 6.10 Å². The van der Waals surface area contributed by atoms with Crippen LogP contribution in [0.3, 0.4) is 0 Å². The van der Waals surface area contributed by atoms with Crippen molar-refractivity contribution in [3.8, 4) is 0 Å². The Morgan fingerprint density at radius 2 is 2.21 bits per heavy atom. The molecule has 0 aliphatic carbocycles. The van der Waals surface area contributed by atoms with Crippen LogP contribution in [0.15, 0.2) is 12.7 Å². The number of fused-ring (bicyclic) bond motifs is 1. The normalized spacial score (nSPS) is 13.3. The third kappa shape index (κ3) is 1.57. The third-order valence-corrected chi connectivity index (χ3v) is 1.94. The number of aromatic amines is 1. The van der Waals surface area contributed by atoms with Gasteiger partial charge in [0.05, 0.1) is 24.7 Å². The summed E-state index contributed by atoms with van der Waals surface area (Å²) in [5, 5.41) is 18.0. The van der Waals surface area contributed by atoms with Crippen molar-refractivity contribution in [1.82, 2.24) is 19.9 Å². The van der Waals surface area contributed by atoms with E-state index in [-0.39, 0.29) is 13.0 Å². The number of rotatable bonds is 3. The zero-order valence-corrected chi connectivity index (χ0v) is 7.38. The maximum atomic E-state index is 9.26. The molecular weight excluding hydrogens is 184 g/mol. The summed E-state index contributed by atoms with van der Waals surface area (Å²) in [6.45, 7) is -0.278. The lowest BCUT2D eigenvalue weighted by Gasteiger charge is -2.05. The van der Waals surface area contributed by atoms with Crippen molar-refractivity contribution in [2.45, 2.75) is 12.5 Å². The molecule has 0 aliphatic rings. The van der Waals surface area contributed by atoms with E-state index >= 15 is 0 Å². The maximum absolute atomic E-state index is 9.26. The second-order valence-corrected chi connectivity index (χ2v) is 2.96. The van der Waals surface area contributed by atoms with Crippen molar-refractivity contribution in [3.63, 3.8) is 0 Å². The highest BCUT2D eigenvalue weighted by Crippen LogP contribution is 2.10. The van der Waals surface area contributed by atoms with Crippen LogP contribution in [0.25, 0.3) is 11.2 Å². The molecule has 1 unspecified atom stereocenters.